The zero-order valence-electron chi connectivity index (χ0n) is 8.52. The van der Waals surface area contributed by atoms with Gasteiger partial charge in [-0.25, -0.2) is 0 Å². The number of hydrogen-bond acceptors (Lipinski definition) is 0. The fourth-order valence-electron chi connectivity index (χ4n) is 1.48. The van der Waals surface area contributed by atoms with E-state index in [9.17, 15) is 0 Å². The van der Waals surface area contributed by atoms with Crippen LogP contribution in [0.1, 0.15) is 44.9 Å². The van der Waals surface area contributed by atoms with E-state index in [2.05, 4.69) is 38.7 Å². The topological polar surface area (TPSA) is 15.8 Å². The van der Waals surface area contributed by atoms with Crippen LogP contribution < -0.4 is 0 Å². The maximum atomic E-state index is 3.34. The highest BCUT2D eigenvalue weighted by Gasteiger charge is 2.13. The molecule has 0 saturated heterocycles. The minimum absolute atomic E-state index is 0.648. The van der Waals surface area contributed by atoms with Crippen LogP contribution in [0, 0.1) is 5.92 Å². The molecular formula is C11H19N. The Labute approximate surface area is 75.2 Å². The first kappa shape index (κ1) is 9.37. The Balaban J connectivity index is 2.86. The molecule has 1 heteroatoms. The SMILES string of the molecule is CCc1cc[nH]c1C(C)C(C)C. The molecule has 1 aromatic rings. The lowest BCUT2D eigenvalue weighted by Crippen LogP contribution is -2.04. The molecular weight excluding hydrogens is 146 g/mol. The highest BCUT2D eigenvalue weighted by atomic mass is 14.7. The Morgan fingerprint density at radius 2 is 2.00 bits per heavy atom. The van der Waals surface area contributed by atoms with E-state index in [-0.39, 0.29) is 0 Å². The predicted molar refractivity (Wildman–Crippen MR) is 53.4 cm³/mol. The van der Waals surface area contributed by atoms with Crippen LogP contribution in [0.3, 0.4) is 0 Å². The van der Waals surface area contributed by atoms with Crippen molar-refractivity contribution in [3.63, 3.8) is 0 Å². The Kier molecular flexibility index (Phi) is 2.96. The third kappa shape index (κ3) is 1.71. The Bertz CT molecular complexity index is 235. The number of aromatic amines is 1. The fraction of sp³-hybridized carbons (Fsp3) is 0.636. The van der Waals surface area contributed by atoms with E-state index >= 15 is 0 Å². The number of hydrogen-bond donors (Lipinski definition) is 1. The molecule has 1 heterocycles. The van der Waals surface area contributed by atoms with Crippen LogP contribution in [-0.4, -0.2) is 4.98 Å². The first-order valence-corrected chi connectivity index (χ1v) is 4.83. The second kappa shape index (κ2) is 3.79. The van der Waals surface area contributed by atoms with Crippen molar-refractivity contribution in [3.8, 4) is 0 Å². The van der Waals surface area contributed by atoms with E-state index in [0.29, 0.717) is 11.8 Å². The highest BCUT2D eigenvalue weighted by Crippen LogP contribution is 2.25. The Morgan fingerprint density at radius 1 is 1.33 bits per heavy atom. The van der Waals surface area contributed by atoms with Crippen molar-refractivity contribution in [1.29, 1.82) is 0 Å². The van der Waals surface area contributed by atoms with E-state index in [1.54, 1.807) is 0 Å². The van der Waals surface area contributed by atoms with E-state index in [1.807, 2.05) is 6.20 Å². The zero-order valence-corrected chi connectivity index (χ0v) is 8.52. The molecule has 1 atom stereocenters. The standard InChI is InChI=1S/C11H19N/c1-5-10-6-7-12-11(10)9(4)8(2)3/h6-9,12H,5H2,1-4H3. The number of aromatic nitrogens is 1. The minimum Gasteiger partial charge on any atom is -0.365 e. The lowest BCUT2D eigenvalue weighted by molar-refractivity contribution is 0.522. The number of nitrogens with one attached hydrogen (secondary N) is 1. The molecule has 1 unspecified atom stereocenters. The summed E-state index contributed by atoms with van der Waals surface area (Å²) in [5, 5.41) is 0. The minimum atomic E-state index is 0.648. The molecule has 0 aliphatic heterocycles. The van der Waals surface area contributed by atoms with Crippen molar-refractivity contribution in [1.82, 2.24) is 4.98 Å². The van der Waals surface area contributed by atoms with Gasteiger partial charge in [-0.2, -0.15) is 0 Å². The van der Waals surface area contributed by atoms with Crippen molar-refractivity contribution in [3.05, 3.63) is 23.5 Å². The summed E-state index contributed by atoms with van der Waals surface area (Å²) in [4.78, 5) is 3.34. The number of rotatable bonds is 3. The maximum absolute atomic E-state index is 3.34. The predicted octanol–water partition coefficient (Wildman–Crippen LogP) is 3.34. The van der Waals surface area contributed by atoms with Crippen molar-refractivity contribution in [2.75, 3.05) is 0 Å². The lowest BCUT2D eigenvalue weighted by atomic mass is 9.92. The fourth-order valence-corrected chi connectivity index (χ4v) is 1.48. The van der Waals surface area contributed by atoms with Crippen molar-refractivity contribution < 1.29 is 0 Å². The highest BCUT2D eigenvalue weighted by molar-refractivity contribution is 5.23. The van der Waals surface area contributed by atoms with Gasteiger partial charge in [0.25, 0.3) is 0 Å². The quantitative estimate of drug-likeness (QED) is 0.707. The zero-order chi connectivity index (χ0) is 9.14. The summed E-state index contributed by atoms with van der Waals surface area (Å²) in [6, 6.07) is 2.19. The molecule has 0 aromatic carbocycles. The molecule has 0 radical (unpaired) electrons. The molecule has 12 heavy (non-hydrogen) atoms. The molecule has 1 aromatic heterocycles. The summed E-state index contributed by atoms with van der Waals surface area (Å²) in [5.41, 5.74) is 2.89. The first-order chi connectivity index (χ1) is 5.66. The van der Waals surface area contributed by atoms with Gasteiger partial charge < -0.3 is 4.98 Å². The second-order valence-corrected chi connectivity index (χ2v) is 3.80. The van der Waals surface area contributed by atoms with E-state index < -0.39 is 0 Å². The van der Waals surface area contributed by atoms with Crippen LogP contribution in [0.15, 0.2) is 12.3 Å². The van der Waals surface area contributed by atoms with Crippen LogP contribution in [0.5, 0.6) is 0 Å². The summed E-state index contributed by atoms with van der Waals surface area (Å²) < 4.78 is 0. The van der Waals surface area contributed by atoms with Gasteiger partial charge >= 0.3 is 0 Å². The molecule has 1 rings (SSSR count). The monoisotopic (exact) mass is 165 g/mol. The van der Waals surface area contributed by atoms with Crippen molar-refractivity contribution >= 4 is 0 Å². The first-order valence-electron chi connectivity index (χ1n) is 4.83. The van der Waals surface area contributed by atoms with Crippen LogP contribution in [0.25, 0.3) is 0 Å². The van der Waals surface area contributed by atoms with Crippen LogP contribution in [0.4, 0.5) is 0 Å². The number of aryl methyl sites for hydroxylation is 1. The van der Waals surface area contributed by atoms with Crippen LogP contribution in [0.2, 0.25) is 0 Å². The molecule has 0 saturated carbocycles. The van der Waals surface area contributed by atoms with Gasteiger partial charge in [0.1, 0.15) is 0 Å². The van der Waals surface area contributed by atoms with Gasteiger partial charge in [0.05, 0.1) is 0 Å². The Morgan fingerprint density at radius 3 is 2.50 bits per heavy atom. The average Bonchev–Trinajstić information content (AvgIpc) is 2.49. The molecule has 0 aliphatic carbocycles. The average molecular weight is 165 g/mol. The summed E-state index contributed by atoms with van der Waals surface area (Å²) in [5.74, 6) is 1.36. The van der Waals surface area contributed by atoms with E-state index in [4.69, 9.17) is 0 Å². The molecule has 0 spiro atoms. The van der Waals surface area contributed by atoms with Gasteiger partial charge in [-0.3, -0.25) is 0 Å². The van der Waals surface area contributed by atoms with E-state index in [0.717, 1.165) is 6.42 Å². The van der Waals surface area contributed by atoms with Crippen molar-refractivity contribution in [2.24, 2.45) is 5.92 Å². The maximum Gasteiger partial charge on any atom is 0.0210 e. The molecule has 1 N–H and O–H groups in total. The van der Waals surface area contributed by atoms with Gasteiger partial charge in [-0.15, -0.1) is 0 Å². The van der Waals surface area contributed by atoms with Crippen molar-refractivity contribution in [2.45, 2.75) is 40.0 Å². The third-order valence-electron chi connectivity index (χ3n) is 2.71. The van der Waals surface area contributed by atoms with Crippen LogP contribution in [-0.2, 0) is 6.42 Å². The molecule has 1 nitrogen and oxygen atoms in total. The molecule has 0 fully saturated rings. The van der Waals surface area contributed by atoms with E-state index in [1.165, 1.54) is 11.3 Å². The normalized spacial score (nSPS) is 13.8. The smallest absolute Gasteiger partial charge is 0.0210 e. The van der Waals surface area contributed by atoms with Gasteiger partial charge in [-0.05, 0) is 29.9 Å². The summed E-state index contributed by atoms with van der Waals surface area (Å²) in [6.07, 6.45) is 3.18. The van der Waals surface area contributed by atoms with Gasteiger partial charge in [0, 0.05) is 11.9 Å². The number of H-pyrrole nitrogens is 1. The summed E-state index contributed by atoms with van der Waals surface area (Å²) in [6.45, 7) is 9.03. The third-order valence-corrected chi connectivity index (χ3v) is 2.71. The molecule has 0 aliphatic rings. The second-order valence-electron chi connectivity index (χ2n) is 3.80. The largest absolute Gasteiger partial charge is 0.365 e. The van der Waals surface area contributed by atoms with Gasteiger partial charge in [0.2, 0.25) is 0 Å². The molecule has 0 bridgehead atoms. The van der Waals surface area contributed by atoms with Gasteiger partial charge in [0.15, 0.2) is 0 Å². The molecule has 68 valence electrons. The molecule has 0 amide bonds. The Hall–Kier alpha value is -0.720. The lowest BCUT2D eigenvalue weighted by Gasteiger charge is -2.15. The summed E-state index contributed by atoms with van der Waals surface area (Å²) >= 11 is 0. The summed E-state index contributed by atoms with van der Waals surface area (Å²) in [7, 11) is 0. The van der Waals surface area contributed by atoms with Gasteiger partial charge in [-0.1, -0.05) is 27.7 Å². The van der Waals surface area contributed by atoms with Crippen LogP contribution >= 0.6 is 0 Å².